The Morgan fingerprint density at radius 2 is 2.23 bits per heavy atom. The van der Waals surface area contributed by atoms with E-state index in [0.29, 0.717) is 5.56 Å². The molecule has 0 fully saturated rings. The number of rotatable bonds is 0. The highest BCUT2D eigenvalue weighted by Gasteiger charge is 2.06. The zero-order valence-corrected chi connectivity index (χ0v) is 8.32. The summed E-state index contributed by atoms with van der Waals surface area (Å²) in [4.78, 5) is 0.771. The first-order valence-corrected chi connectivity index (χ1v) is 4.95. The first-order chi connectivity index (χ1) is 6.22. The summed E-state index contributed by atoms with van der Waals surface area (Å²) in [5.41, 5.74) is 7.10. The predicted octanol–water partition coefficient (Wildman–Crippen LogP) is 2.64. The Balaban J connectivity index is 2.89. The van der Waals surface area contributed by atoms with E-state index in [1.165, 1.54) is 11.3 Å². The highest BCUT2D eigenvalue weighted by Crippen LogP contribution is 2.33. The maximum Gasteiger partial charge on any atom is 0.0992 e. The van der Waals surface area contributed by atoms with Gasteiger partial charge in [-0.1, -0.05) is 0 Å². The van der Waals surface area contributed by atoms with Crippen molar-refractivity contribution in [2.45, 2.75) is 4.90 Å². The molecular formula is C9H6N2S2. The number of hydrogen-bond acceptors (Lipinski definition) is 4. The highest BCUT2D eigenvalue weighted by atomic mass is 32.1. The van der Waals surface area contributed by atoms with Gasteiger partial charge in [0, 0.05) is 20.4 Å². The number of nitrogens with two attached hydrogens (primary N) is 1. The van der Waals surface area contributed by atoms with Crippen molar-refractivity contribution in [3.8, 4) is 6.07 Å². The quantitative estimate of drug-likeness (QED) is 0.651. The molecule has 4 heteroatoms. The van der Waals surface area contributed by atoms with Gasteiger partial charge in [-0.3, -0.25) is 0 Å². The Bertz CT molecular complexity index is 508. The molecule has 0 unspecified atom stereocenters. The van der Waals surface area contributed by atoms with Crippen LogP contribution in [0.3, 0.4) is 0 Å². The standard InChI is InChI=1S/C9H6N2S2/c10-3-5-1-7(12)9-6(11)4-13-8(9)2-5/h1-2,4,12H,11H2. The van der Waals surface area contributed by atoms with Crippen LogP contribution in [0, 0.1) is 11.3 Å². The van der Waals surface area contributed by atoms with Gasteiger partial charge >= 0.3 is 0 Å². The molecule has 2 rings (SSSR count). The molecule has 0 saturated carbocycles. The fraction of sp³-hybridized carbons (Fsp3) is 0. The molecule has 13 heavy (non-hydrogen) atoms. The van der Waals surface area contributed by atoms with Crippen LogP contribution >= 0.6 is 24.0 Å². The molecule has 2 nitrogen and oxygen atoms in total. The predicted molar refractivity (Wildman–Crippen MR) is 58.2 cm³/mol. The van der Waals surface area contributed by atoms with Crippen LogP contribution in [-0.4, -0.2) is 0 Å². The largest absolute Gasteiger partial charge is 0.398 e. The van der Waals surface area contributed by atoms with Crippen LogP contribution in [0.15, 0.2) is 22.4 Å². The zero-order valence-electron chi connectivity index (χ0n) is 6.61. The fourth-order valence-corrected chi connectivity index (χ4v) is 2.61. The fourth-order valence-electron chi connectivity index (χ4n) is 1.23. The second kappa shape index (κ2) is 2.95. The van der Waals surface area contributed by atoms with E-state index in [2.05, 4.69) is 18.7 Å². The summed E-state index contributed by atoms with van der Waals surface area (Å²) in [5, 5.41) is 11.5. The molecule has 0 aliphatic heterocycles. The molecule has 1 aromatic heterocycles. The lowest BCUT2D eigenvalue weighted by atomic mass is 10.2. The van der Waals surface area contributed by atoms with Gasteiger partial charge in [-0.25, -0.2) is 0 Å². The van der Waals surface area contributed by atoms with E-state index in [1.807, 2.05) is 11.4 Å². The van der Waals surface area contributed by atoms with E-state index in [1.54, 1.807) is 6.07 Å². The summed E-state index contributed by atoms with van der Waals surface area (Å²) < 4.78 is 1.02. The minimum Gasteiger partial charge on any atom is -0.398 e. The molecule has 0 radical (unpaired) electrons. The molecule has 0 aliphatic rings. The smallest absolute Gasteiger partial charge is 0.0992 e. The maximum absolute atomic E-state index is 8.72. The topological polar surface area (TPSA) is 49.8 Å². The summed E-state index contributed by atoms with van der Waals surface area (Å²) in [6.07, 6.45) is 0. The van der Waals surface area contributed by atoms with Gasteiger partial charge in [-0.15, -0.1) is 24.0 Å². The van der Waals surface area contributed by atoms with E-state index in [4.69, 9.17) is 11.0 Å². The highest BCUT2D eigenvalue weighted by molar-refractivity contribution is 7.80. The van der Waals surface area contributed by atoms with Gasteiger partial charge in [0.2, 0.25) is 0 Å². The molecule has 2 aromatic rings. The summed E-state index contributed by atoms with van der Waals surface area (Å²) >= 11 is 5.82. The average molecular weight is 206 g/mol. The van der Waals surface area contributed by atoms with Gasteiger partial charge in [-0.2, -0.15) is 5.26 Å². The number of nitrogens with zero attached hydrogens (tertiary/aromatic N) is 1. The van der Waals surface area contributed by atoms with Gasteiger partial charge in [0.1, 0.15) is 0 Å². The van der Waals surface area contributed by atoms with Crippen LogP contribution < -0.4 is 5.73 Å². The lowest BCUT2D eigenvalue weighted by Gasteiger charge is -1.97. The number of thiophene rings is 1. The van der Waals surface area contributed by atoms with Gasteiger partial charge in [-0.05, 0) is 12.1 Å². The van der Waals surface area contributed by atoms with E-state index < -0.39 is 0 Å². The van der Waals surface area contributed by atoms with Crippen molar-refractivity contribution in [2.24, 2.45) is 0 Å². The minimum atomic E-state index is 0.624. The Hall–Kier alpha value is -1.18. The monoisotopic (exact) mass is 206 g/mol. The zero-order chi connectivity index (χ0) is 9.42. The molecule has 1 aromatic carbocycles. The third-order valence-electron chi connectivity index (χ3n) is 1.81. The maximum atomic E-state index is 8.72. The Morgan fingerprint density at radius 1 is 1.46 bits per heavy atom. The molecule has 0 amide bonds. The van der Waals surface area contributed by atoms with Gasteiger partial charge < -0.3 is 5.73 Å². The van der Waals surface area contributed by atoms with Crippen LogP contribution in [0.5, 0.6) is 0 Å². The van der Waals surface area contributed by atoms with Crippen molar-refractivity contribution >= 4 is 39.7 Å². The van der Waals surface area contributed by atoms with Crippen molar-refractivity contribution in [1.29, 1.82) is 5.26 Å². The summed E-state index contributed by atoms with van der Waals surface area (Å²) in [6, 6.07) is 5.65. The lowest BCUT2D eigenvalue weighted by molar-refractivity contribution is 1.46. The average Bonchev–Trinajstić information content (AvgIpc) is 2.48. The number of nitriles is 1. The summed E-state index contributed by atoms with van der Waals surface area (Å²) in [7, 11) is 0. The van der Waals surface area contributed by atoms with Gasteiger partial charge in [0.05, 0.1) is 17.3 Å². The van der Waals surface area contributed by atoms with Crippen molar-refractivity contribution in [1.82, 2.24) is 0 Å². The number of fused-ring (bicyclic) bond motifs is 1. The summed E-state index contributed by atoms with van der Waals surface area (Å²) in [5.74, 6) is 0. The van der Waals surface area contributed by atoms with Crippen LogP contribution in [-0.2, 0) is 0 Å². The molecule has 64 valence electrons. The molecule has 0 saturated heterocycles. The van der Waals surface area contributed by atoms with Crippen LogP contribution in [0.2, 0.25) is 0 Å². The molecular weight excluding hydrogens is 200 g/mol. The van der Waals surface area contributed by atoms with Crippen LogP contribution in [0.1, 0.15) is 5.56 Å². The number of thiol groups is 1. The molecule has 0 spiro atoms. The molecule has 1 heterocycles. The van der Waals surface area contributed by atoms with Crippen molar-refractivity contribution in [2.75, 3.05) is 5.73 Å². The Kier molecular flexibility index (Phi) is 1.91. The Morgan fingerprint density at radius 3 is 2.92 bits per heavy atom. The number of nitrogen functional groups attached to an aromatic ring is 1. The second-order valence-electron chi connectivity index (χ2n) is 2.67. The number of benzene rings is 1. The molecule has 2 N–H and O–H groups in total. The molecule has 0 bridgehead atoms. The van der Waals surface area contributed by atoms with Gasteiger partial charge in [0.25, 0.3) is 0 Å². The third kappa shape index (κ3) is 1.26. The number of hydrogen-bond donors (Lipinski definition) is 2. The minimum absolute atomic E-state index is 0.624. The molecule has 0 atom stereocenters. The second-order valence-corrected chi connectivity index (χ2v) is 4.06. The van der Waals surface area contributed by atoms with Gasteiger partial charge in [0.15, 0.2) is 0 Å². The van der Waals surface area contributed by atoms with Crippen molar-refractivity contribution in [3.63, 3.8) is 0 Å². The van der Waals surface area contributed by atoms with Crippen molar-refractivity contribution in [3.05, 3.63) is 23.1 Å². The van der Waals surface area contributed by atoms with E-state index in [-0.39, 0.29) is 0 Å². The first kappa shape index (κ1) is 8.42. The van der Waals surface area contributed by atoms with E-state index in [9.17, 15) is 0 Å². The number of anilines is 1. The third-order valence-corrected chi connectivity index (χ3v) is 3.11. The van der Waals surface area contributed by atoms with E-state index in [0.717, 1.165) is 20.7 Å². The van der Waals surface area contributed by atoms with E-state index >= 15 is 0 Å². The van der Waals surface area contributed by atoms with Crippen molar-refractivity contribution < 1.29 is 0 Å². The first-order valence-electron chi connectivity index (χ1n) is 3.62. The molecule has 0 aliphatic carbocycles. The SMILES string of the molecule is N#Cc1cc(S)c2c(N)csc2c1. The van der Waals surface area contributed by atoms with Crippen LogP contribution in [0.4, 0.5) is 5.69 Å². The Labute approximate surface area is 85.0 Å². The summed E-state index contributed by atoms with van der Waals surface area (Å²) in [6.45, 7) is 0. The normalized spacial score (nSPS) is 10.2. The van der Waals surface area contributed by atoms with Crippen LogP contribution in [0.25, 0.3) is 10.1 Å². The lowest BCUT2D eigenvalue weighted by Crippen LogP contribution is -1.82.